The maximum atomic E-state index is 12.4. The number of rotatable bonds is 3. The van der Waals surface area contributed by atoms with E-state index in [1.807, 2.05) is 0 Å². The van der Waals surface area contributed by atoms with Crippen molar-refractivity contribution in [2.24, 2.45) is 23.2 Å². The molecule has 4 atom stereocenters. The summed E-state index contributed by atoms with van der Waals surface area (Å²) in [6.45, 7) is 8.47. The molecule has 0 aromatic carbocycles. The predicted octanol–water partition coefficient (Wildman–Crippen LogP) is 3.53. The number of ketones is 1. The van der Waals surface area contributed by atoms with Gasteiger partial charge in [0, 0.05) is 12.0 Å². The topological polar surface area (TPSA) is 43.4 Å². The van der Waals surface area contributed by atoms with Gasteiger partial charge in [-0.1, -0.05) is 26.3 Å². The lowest BCUT2D eigenvalue weighted by Crippen LogP contribution is -2.42. The SMILES string of the molecule is CCOC(=O)C(C)C1=CC2(C)C(C)CCCC2CC1=O. The number of hydrogen-bond donors (Lipinski definition) is 0. The molecule has 3 heteroatoms. The Balaban J connectivity index is 2.30. The summed E-state index contributed by atoms with van der Waals surface area (Å²) in [5.41, 5.74) is 0.735. The van der Waals surface area contributed by atoms with Gasteiger partial charge >= 0.3 is 5.97 Å². The lowest BCUT2D eigenvalue weighted by molar-refractivity contribution is -0.147. The number of allylic oxidation sites excluding steroid dienone is 1. The Kier molecular flexibility index (Phi) is 4.36. The second-order valence-electron chi connectivity index (χ2n) is 6.60. The normalized spacial score (nSPS) is 35.0. The van der Waals surface area contributed by atoms with Crippen LogP contribution in [0.5, 0.6) is 0 Å². The summed E-state index contributed by atoms with van der Waals surface area (Å²) < 4.78 is 5.07. The van der Waals surface area contributed by atoms with E-state index in [0.29, 0.717) is 30.4 Å². The Morgan fingerprint density at radius 1 is 1.50 bits per heavy atom. The zero-order chi connectivity index (χ0) is 14.9. The van der Waals surface area contributed by atoms with Gasteiger partial charge in [-0.25, -0.2) is 0 Å². The van der Waals surface area contributed by atoms with Gasteiger partial charge in [-0.3, -0.25) is 9.59 Å². The van der Waals surface area contributed by atoms with Crippen LogP contribution in [0.1, 0.15) is 53.4 Å². The molecule has 2 rings (SSSR count). The maximum absolute atomic E-state index is 12.4. The maximum Gasteiger partial charge on any atom is 0.313 e. The van der Waals surface area contributed by atoms with E-state index >= 15 is 0 Å². The van der Waals surface area contributed by atoms with Crippen LogP contribution in [0.15, 0.2) is 11.6 Å². The summed E-state index contributed by atoms with van der Waals surface area (Å²) in [4.78, 5) is 24.3. The van der Waals surface area contributed by atoms with Gasteiger partial charge in [-0.15, -0.1) is 0 Å². The molecule has 112 valence electrons. The number of esters is 1. The highest BCUT2D eigenvalue weighted by Gasteiger charge is 2.45. The fourth-order valence-corrected chi connectivity index (χ4v) is 3.79. The number of Topliss-reactive ketones (excluding diaryl/α,β-unsaturated/α-hetero) is 1. The molecule has 2 aliphatic carbocycles. The molecule has 3 nitrogen and oxygen atoms in total. The molecule has 1 saturated carbocycles. The first kappa shape index (κ1) is 15.3. The minimum atomic E-state index is -0.436. The van der Waals surface area contributed by atoms with Crippen molar-refractivity contribution in [2.45, 2.75) is 53.4 Å². The van der Waals surface area contributed by atoms with Crippen LogP contribution in [-0.4, -0.2) is 18.4 Å². The van der Waals surface area contributed by atoms with E-state index in [1.165, 1.54) is 12.8 Å². The predicted molar refractivity (Wildman–Crippen MR) is 78.1 cm³/mol. The molecule has 20 heavy (non-hydrogen) atoms. The van der Waals surface area contributed by atoms with Crippen LogP contribution in [0, 0.1) is 23.2 Å². The summed E-state index contributed by atoms with van der Waals surface area (Å²) in [6.07, 6.45) is 6.25. The van der Waals surface area contributed by atoms with Crippen LogP contribution in [0.25, 0.3) is 0 Å². The molecule has 4 unspecified atom stereocenters. The summed E-state index contributed by atoms with van der Waals surface area (Å²) in [5.74, 6) is 0.435. The molecule has 0 N–H and O–H groups in total. The van der Waals surface area contributed by atoms with Crippen LogP contribution in [0.2, 0.25) is 0 Å². The fraction of sp³-hybridized carbons (Fsp3) is 0.765. The Labute approximate surface area is 121 Å². The Morgan fingerprint density at radius 2 is 2.20 bits per heavy atom. The zero-order valence-electron chi connectivity index (χ0n) is 13.1. The van der Waals surface area contributed by atoms with E-state index in [-0.39, 0.29) is 17.2 Å². The van der Waals surface area contributed by atoms with E-state index < -0.39 is 5.92 Å². The first-order valence-electron chi connectivity index (χ1n) is 7.82. The third kappa shape index (κ3) is 2.55. The fourth-order valence-electron chi connectivity index (χ4n) is 3.79. The lowest BCUT2D eigenvalue weighted by Gasteiger charge is -2.47. The summed E-state index contributed by atoms with van der Waals surface area (Å²) in [7, 11) is 0. The average molecular weight is 278 g/mol. The molecular weight excluding hydrogens is 252 g/mol. The van der Waals surface area contributed by atoms with Gasteiger partial charge in [0.2, 0.25) is 0 Å². The van der Waals surface area contributed by atoms with Crippen LogP contribution < -0.4 is 0 Å². The number of carbonyl (C=O) groups excluding carboxylic acids is 2. The number of fused-ring (bicyclic) bond motifs is 1. The van der Waals surface area contributed by atoms with Gasteiger partial charge in [0.05, 0.1) is 12.5 Å². The Bertz CT molecular complexity index is 438. The van der Waals surface area contributed by atoms with Crippen molar-refractivity contribution in [1.82, 2.24) is 0 Å². The van der Waals surface area contributed by atoms with Gasteiger partial charge in [-0.2, -0.15) is 0 Å². The van der Waals surface area contributed by atoms with Crippen molar-refractivity contribution in [3.8, 4) is 0 Å². The molecule has 0 saturated heterocycles. The number of carbonyl (C=O) groups is 2. The number of ether oxygens (including phenoxy) is 1. The Morgan fingerprint density at radius 3 is 2.85 bits per heavy atom. The molecule has 2 aliphatic rings. The molecule has 1 fully saturated rings. The summed E-state index contributed by atoms with van der Waals surface area (Å²) in [6, 6.07) is 0. The molecule has 0 spiro atoms. The lowest BCUT2D eigenvalue weighted by atomic mass is 9.56. The van der Waals surface area contributed by atoms with Gasteiger partial charge in [-0.05, 0) is 43.9 Å². The standard InChI is InChI=1S/C17H26O3/c1-5-20-16(19)12(3)14-10-17(4)11(2)7-6-8-13(17)9-15(14)18/h10-13H,5-9H2,1-4H3. The molecule has 0 amide bonds. The van der Waals surface area contributed by atoms with Crippen molar-refractivity contribution < 1.29 is 14.3 Å². The molecular formula is C17H26O3. The highest BCUT2D eigenvalue weighted by Crippen LogP contribution is 2.51. The molecule has 0 aromatic heterocycles. The van der Waals surface area contributed by atoms with E-state index in [4.69, 9.17) is 4.74 Å². The van der Waals surface area contributed by atoms with Crippen LogP contribution in [0.3, 0.4) is 0 Å². The van der Waals surface area contributed by atoms with Gasteiger partial charge < -0.3 is 4.74 Å². The average Bonchev–Trinajstić information content (AvgIpc) is 2.40. The summed E-state index contributed by atoms with van der Waals surface area (Å²) in [5, 5.41) is 0. The van der Waals surface area contributed by atoms with Crippen LogP contribution >= 0.6 is 0 Å². The minimum absolute atomic E-state index is 0.0578. The van der Waals surface area contributed by atoms with Crippen molar-refractivity contribution in [3.63, 3.8) is 0 Å². The van der Waals surface area contributed by atoms with E-state index in [2.05, 4.69) is 19.9 Å². The van der Waals surface area contributed by atoms with Gasteiger partial charge in [0.15, 0.2) is 5.78 Å². The molecule has 0 aliphatic heterocycles. The second kappa shape index (κ2) is 5.71. The molecule has 0 aromatic rings. The largest absolute Gasteiger partial charge is 0.466 e. The Hall–Kier alpha value is -1.12. The number of hydrogen-bond acceptors (Lipinski definition) is 3. The molecule has 0 heterocycles. The highest BCUT2D eigenvalue weighted by atomic mass is 16.5. The second-order valence-corrected chi connectivity index (χ2v) is 6.60. The van der Waals surface area contributed by atoms with E-state index in [1.54, 1.807) is 13.8 Å². The van der Waals surface area contributed by atoms with E-state index in [9.17, 15) is 9.59 Å². The van der Waals surface area contributed by atoms with Gasteiger partial charge in [0.1, 0.15) is 0 Å². The smallest absolute Gasteiger partial charge is 0.313 e. The summed E-state index contributed by atoms with van der Waals surface area (Å²) >= 11 is 0. The molecule has 0 bridgehead atoms. The minimum Gasteiger partial charge on any atom is -0.466 e. The third-order valence-corrected chi connectivity index (χ3v) is 5.46. The molecule has 0 radical (unpaired) electrons. The van der Waals surface area contributed by atoms with Gasteiger partial charge in [0.25, 0.3) is 0 Å². The van der Waals surface area contributed by atoms with Crippen molar-refractivity contribution in [3.05, 3.63) is 11.6 Å². The third-order valence-electron chi connectivity index (χ3n) is 5.46. The highest BCUT2D eigenvalue weighted by molar-refractivity contribution is 6.01. The van der Waals surface area contributed by atoms with Crippen molar-refractivity contribution >= 4 is 11.8 Å². The van der Waals surface area contributed by atoms with E-state index in [0.717, 1.165) is 6.42 Å². The van der Waals surface area contributed by atoms with Crippen LogP contribution in [0.4, 0.5) is 0 Å². The van der Waals surface area contributed by atoms with Crippen molar-refractivity contribution in [1.29, 1.82) is 0 Å². The first-order chi connectivity index (χ1) is 9.40. The zero-order valence-corrected chi connectivity index (χ0v) is 13.1. The van der Waals surface area contributed by atoms with Crippen molar-refractivity contribution in [2.75, 3.05) is 6.61 Å². The monoisotopic (exact) mass is 278 g/mol. The first-order valence-corrected chi connectivity index (χ1v) is 7.82. The quantitative estimate of drug-likeness (QED) is 0.742. The van der Waals surface area contributed by atoms with Crippen LogP contribution in [-0.2, 0) is 14.3 Å².